The SMILES string of the molecule is O=C(NC1CCC(Nc2cccc3nc(C(F)(F)F)cn23)CC1)c1cn[nH]c1C(F)F. The fourth-order valence-electron chi connectivity index (χ4n) is 3.76. The number of imidazole rings is 1. The normalized spacial score (nSPS) is 19.7. The van der Waals surface area contributed by atoms with Crippen molar-refractivity contribution in [3.8, 4) is 0 Å². The lowest BCUT2D eigenvalue weighted by Gasteiger charge is -2.30. The Kier molecular flexibility index (Phi) is 5.54. The van der Waals surface area contributed by atoms with Crippen LogP contribution >= 0.6 is 0 Å². The van der Waals surface area contributed by atoms with Gasteiger partial charge in [0.1, 0.15) is 17.2 Å². The topological polar surface area (TPSA) is 87.1 Å². The second-order valence-electron chi connectivity index (χ2n) is 7.43. The summed E-state index contributed by atoms with van der Waals surface area (Å²) >= 11 is 0. The fourth-order valence-corrected chi connectivity index (χ4v) is 3.76. The number of hydrogen-bond donors (Lipinski definition) is 3. The molecule has 0 saturated heterocycles. The van der Waals surface area contributed by atoms with Crippen molar-refractivity contribution in [2.45, 2.75) is 50.4 Å². The Hall–Kier alpha value is -3.18. The third kappa shape index (κ3) is 4.47. The zero-order valence-electron chi connectivity index (χ0n) is 16.1. The highest BCUT2D eigenvalue weighted by Gasteiger charge is 2.34. The molecule has 1 saturated carbocycles. The highest BCUT2D eigenvalue weighted by atomic mass is 19.4. The average Bonchev–Trinajstić information content (AvgIpc) is 3.37. The minimum Gasteiger partial charge on any atom is -0.368 e. The number of pyridine rings is 1. The van der Waals surface area contributed by atoms with E-state index in [-0.39, 0.29) is 23.3 Å². The first kappa shape index (κ1) is 21.1. The number of hydrogen-bond acceptors (Lipinski definition) is 4. The monoisotopic (exact) mass is 442 g/mol. The van der Waals surface area contributed by atoms with Gasteiger partial charge in [-0.1, -0.05) is 6.07 Å². The van der Waals surface area contributed by atoms with E-state index in [1.807, 2.05) is 0 Å². The number of halogens is 5. The quantitative estimate of drug-likeness (QED) is 0.518. The van der Waals surface area contributed by atoms with E-state index in [0.29, 0.717) is 31.5 Å². The molecule has 0 aliphatic heterocycles. The third-order valence-electron chi connectivity index (χ3n) is 5.33. The number of nitrogens with zero attached hydrogens (tertiary/aromatic N) is 3. The van der Waals surface area contributed by atoms with Crippen molar-refractivity contribution < 1.29 is 26.7 Å². The standard InChI is InChI=1S/C19H19F5N6O/c20-17(21)16-12(8-25-29-16)18(31)27-11-6-4-10(5-7-11)26-14-2-1-3-15-28-13(9-30(14)15)19(22,23)24/h1-3,8-11,17,26H,4-7H2,(H,25,29)(H,27,31). The number of anilines is 1. The zero-order valence-corrected chi connectivity index (χ0v) is 16.1. The Labute approximate surface area is 173 Å². The maximum absolute atomic E-state index is 13.0. The van der Waals surface area contributed by atoms with E-state index in [2.05, 4.69) is 25.8 Å². The van der Waals surface area contributed by atoms with Crippen LogP contribution in [0.3, 0.4) is 0 Å². The lowest BCUT2D eigenvalue weighted by atomic mass is 9.91. The number of fused-ring (bicyclic) bond motifs is 1. The number of carbonyl (C=O) groups excluding carboxylic acids is 1. The second-order valence-corrected chi connectivity index (χ2v) is 7.43. The number of rotatable bonds is 5. The number of alkyl halides is 5. The van der Waals surface area contributed by atoms with Crippen molar-refractivity contribution in [3.05, 3.63) is 47.5 Å². The van der Waals surface area contributed by atoms with Gasteiger partial charge in [0.15, 0.2) is 5.69 Å². The third-order valence-corrected chi connectivity index (χ3v) is 5.33. The number of H-pyrrole nitrogens is 1. The van der Waals surface area contributed by atoms with E-state index in [9.17, 15) is 26.7 Å². The molecule has 166 valence electrons. The smallest absolute Gasteiger partial charge is 0.368 e. The summed E-state index contributed by atoms with van der Waals surface area (Å²) in [5.41, 5.74) is -1.47. The van der Waals surface area contributed by atoms with Gasteiger partial charge in [-0.25, -0.2) is 13.8 Å². The van der Waals surface area contributed by atoms with Crippen molar-refractivity contribution >= 4 is 17.4 Å². The predicted octanol–water partition coefficient (Wildman–Crippen LogP) is 4.17. The van der Waals surface area contributed by atoms with Gasteiger partial charge in [-0.2, -0.15) is 18.3 Å². The molecule has 1 aliphatic rings. The number of aromatic amines is 1. The van der Waals surface area contributed by atoms with Crippen molar-refractivity contribution in [1.29, 1.82) is 0 Å². The molecule has 1 fully saturated rings. The van der Waals surface area contributed by atoms with Gasteiger partial charge in [0.05, 0.1) is 11.8 Å². The van der Waals surface area contributed by atoms with E-state index >= 15 is 0 Å². The van der Waals surface area contributed by atoms with E-state index in [4.69, 9.17) is 0 Å². The summed E-state index contributed by atoms with van der Waals surface area (Å²) in [4.78, 5) is 15.9. The van der Waals surface area contributed by atoms with E-state index in [1.54, 1.807) is 12.1 Å². The molecule has 3 aromatic heterocycles. The number of carbonyl (C=O) groups is 1. The Bertz CT molecular complexity index is 1070. The highest BCUT2D eigenvalue weighted by Crippen LogP contribution is 2.30. The van der Waals surface area contributed by atoms with Crippen molar-refractivity contribution in [3.63, 3.8) is 0 Å². The molecule has 1 amide bonds. The lowest BCUT2D eigenvalue weighted by molar-refractivity contribution is -0.140. The summed E-state index contributed by atoms with van der Waals surface area (Å²) in [5.74, 6) is -0.115. The van der Waals surface area contributed by atoms with Gasteiger partial charge in [-0.15, -0.1) is 0 Å². The first-order valence-electron chi connectivity index (χ1n) is 9.66. The molecular weight excluding hydrogens is 423 g/mol. The lowest BCUT2D eigenvalue weighted by Crippen LogP contribution is -2.40. The second kappa shape index (κ2) is 8.16. The molecule has 3 N–H and O–H groups in total. The number of aromatic nitrogens is 4. The van der Waals surface area contributed by atoms with E-state index < -0.39 is 29.9 Å². The van der Waals surface area contributed by atoms with Crippen LogP contribution in [0.2, 0.25) is 0 Å². The predicted molar refractivity (Wildman–Crippen MR) is 101 cm³/mol. The molecular formula is C19H19F5N6O. The Morgan fingerprint density at radius 3 is 2.55 bits per heavy atom. The maximum atomic E-state index is 13.0. The van der Waals surface area contributed by atoms with Gasteiger partial charge < -0.3 is 10.6 Å². The van der Waals surface area contributed by atoms with Crippen LogP contribution in [-0.2, 0) is 6.18 Å². The number of amides is 1. The molecule has 3 heterocycles. The summed E-state index contributed by atoms with van der Waals surface area (Å²) in [5, 5.41) is 11.6. The minimum absolute atomic E-state index is 0.0129. The van der Waals surface area contributed by atoms with Crippen LogP contribution in [0.15, 0.2) is 30.6 Å². The van der Waals surface area contributed by atoms with Crippen molar-refractivity contribution in [2.75, 3.05) is 5.32 Å². The average molecular weight is 442 g/mol. The summed E-state index contributed by atoms with van der Waals surface area (Å²) in [7, 11) is 0. The van der Waals surface area contributed by atoms with E-state index in [0.717, 1.165) is 12.4 Å². The first-order chi connectivity index (χ1) is 14.7. The van der Waals surface area contributed by atoms with Crippen LogP contribution in [0.25, 0.3) is 5.65 Å². The van der Waals surface area contributed by atoms with Crippen LogP contribution in [0, 0.1) is 0 Å². The molecule has 3 aromatic rings. The summed E-state index contributed by atoms with van der Waals surface area (Å²) in [6.07, 6.45) is -2.84. The van der Waals surface area contributed by atoms with Crippen molar-refractivity contribution in [2.24, 2.45) is 0 Å². The molecule has 0 atom stereocenters. The van der Waals surface area contributed by atoms with Gasteiger partial charge in [0, 0.05) is 18.3 Å². The molecule has 31 heavy (non-hydrogen) atoms. The largest absolute Gasteiger partial charge is 0.434 e. The molecule has 7 nitrogen and oxygen atoms in total. The highest BCUT2D eigenvalue weighted by molar-refractivity contribution is 5.95. The molecule has 0 spiro atoms. The van der Waals surface area contributed by atoms with Crippen molar-refractivity contribution in [1.82, 2.24) is 24.9 Å². The first-order valence-corrected chi connectivity index (χ1v) is 9.66. The van der Waals surface area contributed by atoms with Gasteiger partial charge in [0.2, 0.25) is 0 Å². The Morgan fingerprint density at radius 1 is 1.16 bits per heavy atom. The summed E-state index contributed by atoms with van der Waals surface area (Å²) in [6, 6.07) is 4.60. The van der Waals surface area contributed by atoms with Crippen LogP contribution in [-0.4, -0.2) is 37.6 Å². The van der Waals surface area contributed by atoms with Gasteiger partial charge >= 0.3 is 6.18 Å². The van der Waals surface area contributed by atoms with Crippen LogP contribution in [0.4, 0.5) is 27.8 Å². The molecule has 0 aromatic carbocycles. The van der Waals surface area contributed by atoms with Gasteiger partial charge in [-0.05, 0) is 37.8 Å². The molecule has 12 heteroatoms. The molecule has 0 bridgehead atoms. The van der Waals surface area contributed by atoms with Crippen LogP contribution in [0.5, 0.6) is 0 Å². The minimum atomic E-state index is -4.53. The molecule has 0 radical (unpaired) electrons. The Balaban J connectivity index is 1.37. The van der Waals surface area contributed by atoms with E-state index in [1.165, 1.54) is 10.5 Å². The number of nitrogens with one attached hydrogen (secondary N) is 3. The Morgan fingerprint density at radius 2 is 1.87 bits per heavy atom. The maximum Gasteiger partial charge on any atom is 0.434 e. The van der Waals surface area contributed by atoms with Crippen LogP contribution in [0.1, 0.15) is 53.9 Å². The zero-order chi connectivity index (χ0) is 22.2. The molecule has 1 aliphatic carbocycles. The molecule has 0 unspecified atom stereocenters. The van der Waals surface area contributed by atoms with Gasteiger partial charge in [0.25, 0.3) is 12.3 Å². The fraction of sp³-hybridized carbons (Fsp3) is 0.421. The van der Waals surface area contributed by atoms with Crippen LogP contribution < -0.4 is 10.6 Å². The molecule has 4 rings (SSSR count). The summed E-state index contributed by atoms with van der Waals surface area (Å²) < 4.78 is 66.0. The van der Waals surface area contributed by atoms with Gasteiger partial charge in [-0.3, -0.25) is 14.3 Å². The summed E-state index contributed by atoms with van der Waals surface area (Å²) in [6.45, 7) is 0.